The molecule has 0 saturated carbocycles. The van der Waals surface area contributed by atoms with Crippen LogP contribution in [0.5, 0.6) is 5.88 Å². The van der Waals surface area contributed by atoms with E-state index in [4.69, 9.17) is 0 Å². The summed E-state index contributed by atoms with van der Waals surface area (Å²) >= 11 is 0. The first kappa shape index (κ1) is 11.7. The molecule has 0 radical (unpaired) electrons. The molecule has 5 nitrogen and oxygen atoms in total. The average Bonchev–Trinajstić information content (AvgIpc) is 2.17. The van der Waals surface area contributed by atoms with Crippen molar-refractivity contribution in [3.8, 4) is 5.88 Å². The van der Waals surface area contributed by atoms with Gasteiger partial charge in [0.05, 0.1) is 5.56 Å². The van der Waals surface area contributed by atoms with Crippen molar-refractivity contribution in [1.82, 2.24) is 14.9 Å². The van der Waals surface area contributed by atoms with Gasteiger partial charge in [0.25, 0.3) is 5.56 Å². The lowest BCUT2D eigenvalue weighted by Gasteiger charge is -2.17. The summed E-state index contributed by atoms with van der Waals surface area (Å²) in [6, 6.07) is 0. The summed E-state index contributed by atoms with van der Waals surface area (Å²) in [5.41, 5.74) is 0.0798. The summed E-state index contributed by atoms with van der Waals surface area (Å²) in [6.07, 6.45) is 0. The van der Waals surface area contributed by atoms with Gasteiger partial charge in [-0.2, -0.15) is 0 Å². The zero-order valence-corrected chi connectivity index (χ0v) is 9.37. The van der Waals surface area contributed by atoms with Crippen LogP contribution in [0.15, 0.2) is 4.79 Å². The van der Waals surface area contributed by atoms with E-state index in [1.165, 1.54) is 0 Å². The van der Waals surface area contributed by atoms with Crippen LogP contribution in [0.1, 0.15) is 25.2 Å². The van der Waals surface area contributed by atoms with Crippen molar-refractivity contribution in [3.63, 3.8) is 0 Å². The van der Waals surface area contributed by atoms with Gasteiger partial charge in [-0.15, -0.1) is 0 Å². The fraction of sp³-hybridized carbons (Fsp3) is 0.600. The third kappa shape index (κ3) is 2.79. The van der Waals surface area contributed by atoms with Crippen molar-refractivity contribution >= 4 is 0 Å². The molecule has 2 N–H and O–H groups in total. The van der Waals surface area contributed by atoms with Crippen LogP contribution in [0.4, 0.5) is 0 Å². The maximum atomic E-state index is 11.5. The van der Waals surface area contributed by atoms with E-state index in [0.29, 0.717) is 17.9 Å². The number of aromatic amines is 1. The van der Waals surface area contributed by atoms with Gasteiger partial charge in [0.2, 0.25) is 5.88 Å². The minimum Gasteiger partial charge on any atom is -0.493 e. The highest BCUT2D eigenvalue weighted by atomic mass is 16.3. The van der Waals surface area contributed by atoms with Gasteiger partial charge in [-0.25, -0.2) is 4.98 Å². The molecular weight excluding hydrogens is 194 g/mol. The highest BCUT2D eigenvalue weighted by Crippen LogP contribution is 2.10. The molecule has 0 aliphatic carbocycles. The Hall–Kier alpha value is -1.36. The van der Waals surface area contributed by atoms with E-state index in [1.807, 2.05) is 18.7 Å². The van der Waals surface area contributed by atoms with Crippen molar-refractivity contribution in [1.29, 1.82) is 0 Å². The minimum atomic E-state index is -0.257. The Morgan fingerprint density at radius 1 is 1.40 bits per heavy atom. The van der Waals surface area contributed by atoms with E-state index in [0.717, 1.165) is 13.1 Å². The lowest BCUT2D eigenvalue weighted by Crippen LogP contribution is -2.27. The number of rotatable bonds is 4. The Labute approximate surface area is 88.8 Å². The normalized spacial score (nSPS) is 10.9. The SMILES string of the molecule is CCN(CC)Cc1c(O)nc(C)[nH]c1=O. The zero-order valence-electron chi connectivity index (χ0n) is 9.37. The van der Waals surface area contributed by atoms with Gasteiger partial charge >= 0.3 is 0 Å². The Morgan fingerprint density at radius 2 is 2.00 bits per heavy atom. The van der Waals surface area contributed by atoms with Crippen LogP contribution in [-0.4, -0.2) is 33.1 Å². The summed E-state index contributed by atoms with van der Waals surface area (Å²) in [7, 11) is 0. The predicted octanol–water partition coefficient (Wildman–Crippen LogP) is 0.626. The van der Waals surface area contributed by atoms with Crippen LogP contribution in [0, 0.1) is 6.92 Å². The quantitative estimate of drug-likeness (QED) is 0.766. The molecule has 0 fully saturated rings. The van der Waals surface area contributed by atoms with Gasteiger partial charge in [-0.05, 0) is 20.0 Å². The fourth-order valence-corrected chi connectivity index (χ4v) is 1.41. The molecule has 15 heavy (non-hydrogen) atoms. The second-order valence-corrected chi connectivity index (χ2v) is 3.41. The Kier molecular flexibility index (Phi) is 3.85. The zero-order chi connectivity index (χ0) is 11.4. The molecule has 0 bridgehead atoms. The first-order chi connectivity index (χ1) is 7.08. The van der Waals surface area contributed by atoms with Crippen LogP contribution in [-0.2, 0) is 6.54 Å². The summed E-state index contributed by atoms with van der Waals surface area (Å²) in [6.45, 7) is 7.77. The number of aromatic nitrogens is 2. The Morgan fingerprint density at radius 3 is 2.47 bits per heavy atom. The van der Waals surface area contributed by atoms with Crippen LogP contribution >= 0.6 is 0 Å². The molecule has 1 aromatic heterocycles. The third-order valence-electron chi connectivity index (χ3n) is 2.39. The lowest BCUT2D eigenvalue weighted by atomic mass is 10.3. The van der Waals surface area contributed by atoms with Crippen molar-refractivity contribution in [3.05, 3.63) is 21.7 Å². The second kappa shape index (κ2) is 4.93. The van der Waals surface area contributed by atoms with Gasteiger partial charge in [0, 0.05) is 6.54 Å². The molecule has 0 amide bonds. The van der Waals surface area contributed by atoms with Crippen LogP contribution in [0.25, 0.3) is 0 Å². The molecule has 0 spiro atoms. The molecule has 0 aliphatic rings. The van der Waals surface area contributed by atoms with Gasteiger partial charge in [0.15, 0.2) is 0 Å². The van der Waals surface area contributed by atoms with Crippen LogP contribution in [0.2, 0.25) is 0 Å². The highest BCUT2D eigenvalue weighted by Gasteiger charge is 2.11. The maximum Gasteiger partial charge on any atom is 0.259 e. The average molecular weight is 211 g/mol. The lowest BCUT2D eigenvalue weighted by molar-refractivity contribution is 0.287. The molecule has 0 aromatic carbocycles. The van der Waals surface area contributed by atoms with Crippen molar-refractivity contribution < 1.29 is 5.11 Å². The molecule has 5 heteroatoms. The monoisotopic (exact) mass is 211 g/mol. The molecule has 1 heterocycles. The standard InChI is InChI=1S/C10H17N3O2/c1-4-13(5-2)6-8-9(14)11-7(3)12-10(8)15/h4-6H2,1-3H3,(H2,11,12,14,15). The third-order valence-corrected chi connectivity index (χ3v) is 2.39. The second-order valence-electron chi connectivity index (χ2n) is 3.41. The van der Waals surface area contributed by atoms with Crippen LogP contribution in [0.3, 0.4) is 0 Å². The number of nitrogens with one attached hydrogen (secondary N) is 1. The van der Waals surface area contributed by atoms with Gasteiger partial charge in [0.1, 0.15) is 5.82 Å². The van der Waals surface area contributed by atoms with E-state index in [1.54, 1.807) is 6.92 Å². The van der Waals surface area contributed by atoms with Gasteiger partial charge < -0.3 is 10.1 Å². The minimum absolute atomic E-state index is 0.164. The molecule has 84 valence electrons. The topological polar surface area (TPSA) is 69.2 Å². The summed E-state index contributed by atoms with van der Waals surface area (Å²) in [4.78, 5) is 20.0. The number of hydrogen-bond acceptors (Lipinski definition) is 4. The predicted molar refractivity (Wildman–Crippen MR) is 57.9 cm³/mol. The van der Waals surface area contributed by atoms with Crippen molar-refractivity contribution in [2.75, 3.05) is 13.1 Å². The highest BCUT2D eigenvalue weighted by molar-refractivity contribution is 5.22. The van der Waals surface area contributed by atoms with E-state index in [9.17, 15) is 9.90 Å². The number of H-pyrrole nitrogens is 1. The summed E-state index contributed by atoms with van der Waals surface area (Å²) in [5.74, 6) is 0.268. The Balaban J connectivity index is 2.99. The van der Waals surface area contributed by atoms with E-state index in [-0.39, 0.29) is 11.4 Å². The number of aryl methyl sites for hydroxylation is 1. The van der Waals surface area contributed by atoms with Gasteiger partial charge in [-0.1, -0.05) is 13.8 Å². The summed E-state index contributed by atoms with van der Waals surface area (Å²) < 4.78 is 0. The molecule has 0 saturated heterocycles. The number of aromatic hydroxyl groups is 1. The van der Waals surface area contributed by atoms with Crippen LogP contribution < -0.4 is 5.56 Å². The molecular formula is C10H17N3O2. The maximum absolute atomic E-state index is 11.5. The first-order valence-electron chi connectivity index (χ1n) is 5.09. The first-order valence-corrected chi connectivity index (χ1v) is 5.09. The Bertz CT molecular complexity index is 383. The number of hydrogen-bond donors (Lipinski definition) is 2. The molecule has 0 atom stereocenters. The molecule has 1 aromatic rings. The smallest absolute Gasteiger partial charge is 0.259 e. The van der Waals surface area contributed by atoms with Crippen molar-refractivity contribution in [2.24, 2.45) is 0 Å². The van der Waals surface area contributed by atoms with E-state index < -0.39 is 0 Å². The number of nitrogens with zero attached hydrogens (tertiary/aromatic N) is 2. The van der Waals surface area contributed by atoms with E-state index in [2.05, 4.69) is 9.97 Å². The fourth-order valence-electron chi connectivity index (χ4n) is 1.41. The molecule has 0 aliphatic heterocycles. The van der Waals surface area contributed by atoms with E-state index >= 15 is 0 Å². The molecule has 1 rings (SSSR count). The molecule has 0 unspecified atom stereocenters. The van der Waals surface area contributed by atoms with Gasteiger partial charge in [-0.3, -0.25) is 9.69 Å². The largest absolute Gasteiger partial charge is 0.493 e. The summed E-state index contributed by atoms with van der Waals surface area (Å²) in [5, 5.41) is 9.55. The van der Waals surface area contributed by atoms with Crippen molar-refractivity contribution in [2.45, 2.75) is 27.3 Å².